The molecule has 1 heterocycles. The first-order chi connectivity index (χ1) is 10.2. The van der Waals surface area contributed by atoms with Crippen LogP contribution in [0, 0.1) is 0 Å². The molecule has 2 rings (SSSR count). The van der Waals surface area contributed by atoms with E-state index in [2.05, 4.69) is 10.6 Å². The van der Waals surface area contributed by atoms with Crippen LogP contribution in [-0.2, 0) is 16.0 Å². The van der Waals surface area contributed by atoms with Crippen LogP contribution in [0.2, 0.25) is 0 Å². The van der Waals surface area contributed by atoms with Crippen molar-refractivity contribution in [1.82, 2.24) is 10.6 Å². The van der Waals surface area contributed by atoms with E-state index in [9.17, 15) is 14.7 Å². The summed E-state index contributed by atoms with van der Waals surface area (Å²) in [5.74, 6) is -1.18. The minimum Gasteiger partial charge on any atom is -0.480 e. The van der Waals surface area contributed by atoms with Crippen molar-refractivity contribution in [2.24, 2.45) is 0 Å². The molecular formula is C16H22N2O3. The van der Waals surface area contributed by atoms with E-state index in [4.69, 9.17) is 0 Å². The number of benzene rings is 1. The highest BCUT2D eigenvalue weighted by Gasteiger charge is 2.25. The van der Waals surface area contributed by atoms with E-state index in [0.29, 0.717) is 12.8 Å². The maximum atomic E-state index is 12.1. The topological polar surface area (TPSA) is 78.4 Å². The van der Waals surface area contributed by atoms with Gasteiger partial charge in [-0.1, -0.05) is 36.8 Å². The van der Waals surface area contributed by atoms with Gasteiger partial charge in [0.05, 0.1) is 6.04 Å². The zero-order valence-electron chi connectivity index (χ0n) is 12.0. The normalized spacial score (nSPS) is 19.7. The second-order valence-corrected chi connectivity index (χ2v) is 5.43. The molecule has 1 aromatic carbocycles. The predicted molar refractivity (Wildman–Crippen MR) is 80.0 cm³/mol. The third-order valence-corrected chi connectivity index (χ3v) is 3.81. The first-order valence-corrected chi connectivity index (χ1v) is 7.47. The van der Waals surface area contributed by atoms with Gasteiger partial charge in [-0.2, -0.15) is 0 Å². The zero-order valence-corrected chi connectivity index (χ0v) is 12.0. The monoisotopic (exact) mass is 290 g/mol. The third-order valence-electron chi connectivity index (χ3n) is 3.81. The highest BCUT2D eigenvalue weighted by atomic mass is 16.4. The maximum Gasteiger partial charge on any atom is 0.326 e. The summed E-state index contributed by atoms with van der Waals surface area (Å²) in [6.45, 7) is 0.819. The third kappa shape index (κ3) is 4.86. The number of carbonyl (C=O) groups excluding carboxylic acids is 1. The van der Waals surface area contributed by atoms with Gasteiger partial charge in [-0.3, -0.25) is 4.79 Å². The lowest BCUT2D eigenvalue weighted by Crippen LogP contribution is -2.51. The summed E-state index contributed by atoms with van der Waals surface area (Å²) in [6, 6.07) is 8.62. The Morgan fingerprint density at radius 1 is 1.29 bits per heavy atom. The molecule has 0 saturated carbocycles. The zero-order chi connectivity index (χ0) is 15.1. The van der Waals surface area contributed by atoms with Crippen LogP contribution < -0.4 is 10.6 Å². The Bertz CT molecular complexity index is 470. The van der Waals surface area contributed by atoms with E-state index in [0.717, 1.165) is 31.4 Å². The van der Waals surface area contributed by atoms with Crippen molar-refractivity contribution in [3.63, 3.8) is 0 Å². The highest BCUT2D eigenvalue weighted by molar-refractivity contribution is 5.86. The van der Waals surface area contributed by atoms with Gasteiger partial charge in [-0.05, 0) is 37.8 Å². The molecule has 1 aromatic rings. The Labute approximate surface area is 124 Å². The van der Waals surface area contributed by atoms with Crippen LogP contribution in [0.1, 0.15) is 31.2 Å². The molecule has 1 fully saturated rings. The number of carbonyl (C=O) groups is 2. The molecule has 0 radical (unpaired) electrons. The van der Waals surface area contributed by atoms with E-state index < -0.39 is 12.0 Å². The van der Waals surface area contributed by atoms with Gasteiger partial charge in [0.25, 0.3) is 0 Å². The summed E-state index contributed by atoms with van der Waals surface area (Å²) < 4.78 is 0. The summed E-state index contributed by atoms with van der Waals surface area (Å²) in [5, 5.41) is 15.1. The molecule has 5 heteroatoms. The van der Waals surface area contributed by atoms with Gasteiger partial charge < -0.3 is 15.7 Å². The first-order valence-electron chi connectivity index (χ1n) is 7.47. The van der Waals surface area contributed by atoms with Crippen molar-refractivity contribution in [2.45, 2.75) is 44.2 Å². The molecule has 0 aromatic heterocycles. The minimum atomic E-state index is -0.977. The lowest BCUT2D eigenvalue weighted by atomic mass is 10.0. The highest BCUT2D eigenvalue weighted by Crippen LogP contribution is 2.09. The fourth-order valence-corrected chi connectivity index (χ4v) is 2.56. The summed E-state index contributed by atoms with van der Waals surface area (Å²) >= 11 is 0. The molecule has 1 amide bonds. The summed E-state index contributed by atoms with van der Waals surface area (Å²) in [6.07, 6.45) is 3.89. The Hall–Kier alpha value is -1.88. The van der Waals surface area contributed by atoms with Crippen LogP contribution in [0.5, 0.6) is 0 Å². The van der Waals surface area contributed by atoms with E-state index >= 15 is 0 Å². The smallest absolute Gasteiger partial charge is 0.326 e. The molecule has 21 heavy (non-hydrogen) atoms. The molecule has 0 unspecified atom stereocenters. The molecule has 3 N–H and O–H groups in total. The number of hydrogen-bond acceptors (Lipinski definition) is 3. The van der Waals surface area contributed by atoms with Crippen LogP contribution >= 0.6 is 0 Å². The summed E-state index contributed by atoms with van der Waals surface area (Å²) in [7, 11) is 0. The standard InChI is InChI=1S/C16H22N2O3/c19-15(13-8-4-5-11-17-13)18-14(16(20)21)10-9-12-6-2-1-3-7-12/h1-3,6-7,13-14,17H,4-5,8-11H2,(H,18,19)(H,20,21)/t13-,14-/m0/s1. The molecule has 1 saturated heterocycles. The summed E-state index contributed by atoms with van der Waals surface area (Å²) in [5.41, 5.74) is 1.08. The number of aliphatic carboxylic acids is 1. The van der Waals surface area contributed by atoms with Crippen LogP contribution in [0.15, 0.2) is 30.3 Å². The Morgan fingerprint density at radius 2 is 2.05 bits per heavy atom. The lowest BCUT2D eigenvalue weighted by Gasteiger charge is -2.24. The van der Waals surface area contributed by atoms with Gasteiger partial charge in [0.2, 0.25) is 5.91 Å². The van der Waals surface area contributed by atoms with Crippen molar-refractivity contribution in [2.75, 3.05) is 6.54 Å². The van der Waals surface area contributed by atoms with E-state index in [-0.39, 0.29) is 11.9 Å². The van der Waals surface area contributed by atoms with Gasteiger partial charge in [0.15, 0.2) is 0 Å². The first kappa shape index (κ1) is 15.5. The average Bonchev–Trinajstić information content (AvgIpc) is 2.52. The fourth-order valence-electron chi connectivity index (χ4n) is 2.56. The average molecular weight is 290 g/mol. The fraction of sp³-hybridized carbons (Fsp3) is 0.500. The van der Waals surface area contributed by atoms with Gasteiger partial charge in [0, 0.05) is 0 Å². The largest absolute Gasteiger partial charge is 0.480 e. The van der Waals surface area contributed by atoms with Crippen LogP contribution in [0.3, 0.4) is 0 Å². The molecule has 1 aliphatic heterocycles. The van der Waals surface area contributed by atoms with Gasteiger partial charge in [0.1, 0.15) is 6.04 Å². The molecule has 5 nitrogen and oxygen atoms in total. The molecular weight excluding hydrogens is 268 g/mol. The van der Waals surface area contributed by atoms with Crippen molar-refractivity contribution >= 4 is 11.9 Å². The number of rotatable bonds is 6. The van der Waals surface area contributed by atoms with Crippen molar-refractivity contribution in [3.05, 3.63) is 35.9 Å². The number of carboxylic acid groups (broad SMARTS) is 1. The number of carboxylic acids is 1. The number of aryl methyl sites for hydroxylation is 1. The number of hydrogen-bond donors (Lipinski definition) is 3. The second kappa shape index (κ2) is 7.78. The number of piperidine rings is 1. The Morgan fingerprint density at radius 3 is 2.67 bits per heavy atom. The van der Waals surface area contributed by atoms with Crippen molar-refractivity contribution in [1.29, 1.82) is 0 Å². The van der Waals surface area contributed by atoms with Crippen LogP contribution in [-0.4, -0.2) is 35.6 Å². The van der Waals surface area contributed by atoms with E-state index in [1.54, 1.807) is 0 Å². The van der Waals surface area contributed by atoms with Crippen LogP contribution in [0.4, 0.5) is 0 Å². The maximum absolute atomic E-state index is 12.1. The summed E-state index contributed by atoms with van der Waals surface area (Å²) in [4.78, 5) is 23.4. The van der Waals surface area contributed by atoms with Crippen LogP contribution in [0.25, 0.3) is 0 Å². The van der Waals surface area contributed by atoms with E-state index in [1.165, 1.54) is 0 Å². The SMILES string of the molecule is O=C(O)[C@H](CCc1ccccc1)NC(=O)[C@@H]1CCCCN1. The minimum absolute atomic E-state index is 0.199. The number of amides is 1. The molecule has 0 spiro atoms. The molecule has 0 aliphatic carbocycles. The quantitative estimate of drug-likeness (QED) is 0.738. The van der Waals surface area contributed by atoms with Gasteiger partial charge in [-0.15, -0.1) is 0 Å². The van der Waals surface area contributed by atoms with Crippen molar-refractivity contribution < 1.29 is 14.7 Å². The lowest BCUT2D eigenvalue weighted by molar-refractivity contribution is -0.142. The Kier molecular flexibility index (Phi) is 5.75. The number of nitrogens with one attached hydrogen (secondary N) is 2. The van der Waals surface area contributed by atoms with Crippen molar-refractivity contribution in [3.8, 4) is 0 Å². The van der Waals surface area contributed by atoms with E-state index in [1.807, 2.05) is 30.3 Å². The van der Waals surface area contributed by atoms with Gasteiger partial charge >= 0.3 is 5.97 Å². The van der Waals surface area contributed by atoms with Gasteiger partial charge in [-0.25, -0.2) is 4.79 Å². The molecule has 2 atom stereocenters. The molecule has 0 bridgehead atoms. The Balaban J connectivity index is 1.86. The second-order valence-electron chi connectivity index (χ2n) is 5.43. The molecule has 114 valence electrons. The molecule has 1 aliphatic rings. The predicted octanol–water partition coefficient (Wildman–Crippen LogP) is 1.33.